The van der Waals surface area contributed by atoms with Gasteiger partial charge in [-0.15, -0.1) is 0 Å². The average Bonchev–Trinajstić information content (AvgIpc) is 2.61. The number of nitrogens with two attached hydrogens (primary N) is 1. The molecule has 2 heterocycles. The molecule has 1 fully saturated rings. The summed E-state index contributed by atoms with van der Waals surface area (Å²) in [7, 11) is 1.63. The second-order valence-corrected chi connectivity index (χ2v) is 7.46. The van der Waals surface area contributed by atoms with Crippen LogP contribution in [-0.2, 0) is 4.74 Å². The van der Waals surface area contributed by atoms with Crippen molar-refractivity contribution in [2.75, 3.05) is 25.7 Å². The van der Waals surface area contributed by atoms with E-state index in [0.717, 1.165) is 35.1 Å². The van der Waals surface area contributed by atoms with Crippen molar-refractivity contribution in [3.63, 3.8) is 0 Å². The lowest BCUT2D eigenvalue weighted by atomic mass is 9.84. The van der Waals surface area contributed by atoms with Gasteiger partial charge in [-0.1, -0.05) is 25.4 Å². The highest BCUT2D eigenvalue weighted by atomic mass is 35.5. The maximum Gasteiger partial charge on any atom is 0.223 e. The van der Waals surface area contributed by atoms with E-state index >= 15 is 0 Å². The minimum atomic E-state index is -0.271. The van der Waals surface area contributed by atoms with Gasteiger partial charge in [-0.2, -0.15) is 11.8 Å². The summed E-state index contributed by atoms with van der Waals surface area (Å²) in [5.41, 5.74) is 7.08. The third-order valence-corrected chi connectivity index (χ3v) is 5.36. The van der Waals surface area contributed by atoms with Crippen molar-refractivity contribution in [2.24, 2.45) is 11.7 Å². The van der Waals surface area contributed by atoms with Crippen LogP contribution in [0.2, 0.25) is 5.15 Å². The van der Waals surface area contributed by atoms with Crippen molar-refractivity contribution >= 4 is 34.1 Å². The van der Waals surface area contributed by atoms with Gasteiger partial charge in [0.1, 0.15) is 11.3 Å². The largest absolute Gasteiger partial charge is 0.474 e. The molecule has 0 saturated heterocycles. The predicted molar refractivity (Wildman–Crippen MR) is 110 cm³/mol. The normalized spacial score (nSPS) is 20.1. The monoisotopic (exact) mass is 397 g/mol. The van der Waals surface area contributed by atoms with Crippen LogP contribution < -0.4 is 10.5 Å². The molecule has 2 aromatic rings. The van der Waals surface area contributed by atoms with Crippen LogP contribution in [0.3, 0.4) is 0 Å². The van der Waals surface area contributed by atoms with Crippen molar-refractivity contribution in [3.05, 3.63) is 29.2 Å². The zero-order valence-electron chi connectivity index (χ0n) is 15.9. The van der Waals surface area contributed by atoms with Crippen molar-refractivity contribution in [1.29, 1.82) is 0 Å². The highest BCUT2D eigenvalue weighted by Gasteiger charge is 2.31. The average molecular weight is 398 g/mol. The summed E-state index contributed by atoms with van der Waals surface area (Å²) in [6, 6.07) is 1.54. The molecule has 1 aliphatic rings. The van der Waals surface area contributed by atoms with E-state index in [9.17, 15) is 0 Å². The van der Waals surface area contributed by atoms with Crippen LogP contribution in [0.4, 0.5) is 0 Å². The topological polar surface area (TPSA) is 70.3 Å². The summed E-state index contributed by atoms with van der Waals surface area (Å²) in [5, 5.41) is 2.19. The van der Waals surface area contributed by atoms with Gasteiger partial charge in [0.05, 0.1) is 18.0 Å². The Morgan fingerprint density at radius 1 is 1.27 bits per heavy atom. The molecule has 0 aromatic carbocycles. The van der Waals surface area contributed by atoms with Gasteiger partial charge in [0.15, 0.2) is 0 Å². The number of nitrogens with zero attached hydrogens (tertiary/aromatic N) is 2. The molecule has 0 spiro atoms. The van der Waals surface area contributed by atoms with Gasteiger partial charge in [0.25, 0.3) is 0 Å². The Labute approximate surface area is 165 Å². The van der Waals surface area contributed by atoms with Crippen LogP contribution in [0.25, 0.3) is 10.8 Å². The number of ether oxygens (including phenoxy) is 2. The van der Waals surface area contributed by atoms with E-state index in [0.29, 0.717) is 17.6 Å². The fourth-order valence-corrected chi connectivity index (χ4v) is 3.97. The number of pyridine rings is 2. The van der Waals surface area contributed by atoms with Crippen LogP contribution in [0.1, 0.15) is 38.3 Å². The summed E-state index contributed by atoms with van der Waals surface area (Å²) in [6.45, 7) is 4.41. The molecule has 1 saturated carbocycles. The van der Waals surface area contributed by atoms with E-state index < -0.39 is 0 Å². The SMILES string of the molecule is CC.COCC(N)c1cnc(OC2CC(CSC)C2)c2cnc(Cl)cc12. The van der Waals surface area contributed by atoms with E-state index in [-0.39, 0.29) is 12.1 Å². The van der Waals surface area contributed by atoms with E-state index in [1.165, 1.54) is 5.75 Å². The van der Waals surface area contributed by atoms with Gasteiger partial charge in [-0.3, -0.25) is 0 Å². The third-order valence-electron chi connectivity index (χ3n) is 4.35. The molecular weight excluding hydrogens is 370 g/mol. The van der Waals surface area contributed by atoms with Gasteiger partial charge in [0, 0.05) is 19.5 Å². The fraction of sp³-hybridized carbons (Fsp3) is 0.579. The van der Waals surface area contributed by atoms with E-state index in [1.807, 2.05) is 31.7 Å². The lowest BCUT2D eigenvalue weighted by Gasteiger charge is -2.34. The summed E-state index contributed by atoms with van der Waals surface area (Å²) in [4.78, 5) is 8.67. The molecular formula is C19H28ClN3O2S. The van der Waals surface area contributed by atoms with Crippen molar-refractivity contribution in [2.45, 2.75) is 38.8 Å². The van der Waals surface area contributed by atoms with Crippen LogP contribution in [0.5, 0.6) is 5.88 Å². The molecule has 1 aliphatic carbocycles. The number of methoxy groups -OCH3 is 1. The molecule has 5 nitrogen and oxygen atoms in total. The number of hydrogen-bond acceptors (Lipinski definition) is 6. The molecule has 7 heteroatoms. The zero-order chi connectivity index (χ0) is 19.1. The Balaban J connectivity index is 0.00000117. The number of halogens is 1. The summed E-state index contributed by atoms with van der Waals surface area (Å²) < 4.78 is 11.3. The summed E-state index contributed by atoms with van der Waals surface area (Å²) in [6.07, 6.45) is 8.00. The first kappa shape index (κ1) is 21.2. The molecule has 3 rings (SSSR count). The minimum Gasteiger partial charge on any atom is -0.474 e. The van der Waals surface area contributed by atoms with Crippen LogP contribution in [-0.4, -0.2) is 41.8 Å². The van der Waals surface area contributed by atoms with E-state index in [4.69, 9.17) is 26.8 Å². The Morgan fingerprint density at radius 2 is 2.00 bits per heavy atom. The number of fused-ring (bicyclic) bond motifs is 1. The molecule has 0 amide bonds. The van der Waals surface area contributed by atoms with Crippen LogP contribution in [0, 0.1) is 5.92 Å². The Morgan fingerprint density at radius 3 is 2.65 bits per heavy atom. The molecule has 0 aliphatic heterocycles. The standard InChI is InChI=1S/C17H22ClN3O2S.C2H6/c1-22-8-15(19)13-6-21-17(14-7-20-16(18)5-12(13)14)23-11-3-10(4-11)9-24-2;1-2/h5-7,10-11,15H,3-4,8-9,19H2,1-2H3;1-2H3. The van der Waals surface area contributed by atoms with E-state index in [2.05, 4.69) is 16.2 Å². The van der Waals surface area contributed by atoms with Crippen molar-refractivity contribution in [3.8, 4) is 5.88 Å². The van der Waals surface area contributed by atoms with Gasteiger partial charge < -0.3 is 15.2 Å². The Hall–Kier alpha value is -1.08. The molecule has 26 heavy (non-hydrogen) atoms. The number of hydrogen-bond donors (Lipinski definition) is 1. The molecule has 2 N–H and O–H groups in total. The van der Waals surface area contributed by atoms with Crippen LogP contribution >= 0.6 is 23.4 Å². The quantitative estimate of drug-likeness (QED) is 0.694. The first-order chi connectivity index (χ1) is 12.6. The highest BCUT2D eigenvalue weighted by molar-refractivity contribution is 7.98. The molecule has 0 bridgehead atoms. The van der Waals surface area contributed by atoms with Gasteiger partial charge in [0.2, 0.25) is 5.88 Å². The van der Waals surface area contributed by atoms with Crippen molar-refractivity contribution in [1.82, 2.24) is 9.97 Å². The number of thioether (sulfide) groups is 1. The van der Waals surface area contributed by atoms with Gasteiger partial charge in [-0.05, 0) is 47.8 Å². The lowest BCUT2D eigenvalue weighted by molar-refractivity contribution is 0.0732. The summed E-state index contributed by atoms with van der Waals surface area (Å²) >= 11 is 7.96. The summed E-state index contributed by atoms with van der Waals surface area (Å²) in [5.74, 6) is 2.55. The highest BCUT2D eigenvalue weighted by Crippen LogP contribution is 2.36. The molecule has 1 unspecified atom stereocenters. The predicted octanol–water partition coefficient (Wildman–Crippen LogP) is 4.48. The number of rotatable bonds is 7. The third kappa shape index (κ3) is 5.00. The maximum atomic E-state index is 6.19. The second kappa shape index (κ2) is 10.3. The molecule has 2 aromatic heterocycles. The first-order valence-corrected chi connectivity index (χ1v) is 10.7. The minimum absolute atomic E-state index is 0.229. The molecule has 0 radical (unpaired) electrons. The first-order valence-electron chi connectivity index (χ1n) is 8.96. The van der Waals surface area contributed by atoms with Gasteiger partial charge >= 0.3 is 0 Å². The zero-order valence-corrected chi connectivity index (χ0v) is 17.4. The van der Waals surface area contributed by atoms with Crippen molar-refractivity contribution < 1.29 is 9.47 Å². The maximum absolute atomic E-state index is 6.19. The fourth-order valence-electron chi connectivity index (χ4n) is 3.07. The number of aromatic nitrogens is 2. The van der Waals surface area contributed by atoms with Crippen LogP contribution in [0.15, 0.2) is 18.5 Å². The molecule has 144 valence electrons. The van der Waals surface area contributed by atoms with E-state index in [1.54, 1.807) is 19.5 Å². The Bertz CT molecular complexity index is 710. The smallest absolute Gasteiger partial charge is 0.223 e. The Kier molecular flexibility index (Phi) is 8.41. The lowest BCUT2D eigenvalue weighted by Crippen LogP contribution is -2.35. The molecule has 1 atom stereocenters. The van der Waals surface area contributed by atoms with Gasteiger partial charge in [-0.25, -0.2) is 9.97 Å². The second-order valence-electron chi connectivity index (χ2n) is 6.17.